The fourth-order valence-electron chi connectivity index (χ4n) is 2.79. The van der Waals surface area contributed by atoms with Crippen LogP contribution in [0.15, 0.2) is 46.9 Å². The van der Waals surface area contributed by atoms with Gasteiger partial charge in [0, 0.05) is 27.5 Å². The van der Waals surface area contributed by atoms with Crippen LogP contribution in [0.25, 0.3) is 0 Å². The molecule has 1 aliphatic rings. The zero-order valence-corrected chi connectivity index (χ0v) is 14.1. The van der Waals surface area contributed by atoms with Gasteiger partial charge in [-0.05, 0) is 42.4 Å². The average molecular weight is 367 g/mol. The molecule has 1 N–H and O–H groups in total. The van der Waals surface area contributed by atoms with Gasteiger partial charge < -0.3 is 10.1 Å². The minimum Gasteiger partial charge on any atom is -0.485 e. The maximum absolute atomic E-state index is 6.19. The van der Waals surface area contributed by atoms with E-state index < -0.39 is 0 Å². The lowest BCUT2D eigenvalue weighted by Crippen LogP contribution is -2.29. The second-order valence-corrected chi connectivity index (χ2v) is 6.54. The third kappa shape index (κ3) is 3.25. The molecule has 0 spiro atoms. The molecule has 0 fully saturated rings. The van der Waals surface area contributed by atoms with E-state index in [-0.39, 0.29) is 6.10 Å². The zero-order valence-electron chi connectivity index (χ0n) is 11.8. The first-order valence-corrected chi connectivity index (χ1v) is 8.29. The molecule has 0 aliphatic carbocycles. The molecule has 0 radical (unpaired) electrons. The summed E-state index contributed by atoms with van der Waals surface area (Å²) in [6, 6.07) is 14.4. The molecule has 2 nitrogen and oxygen atoms in total. The highest BCUT2D eigenvalue weighted by Gasteiger charge is 2.29. The summed E-state index contributed by atoms with van der Waals surface area (Å²) >= 11 is 9.64. The van der Waals surface area contributed by atoms with E-state index in [9.17, 15) is 0 Å². The van der Waals surface area contributed by atoms with Crippen LogP contribution < -0.4 is 10.1 Å². The van der Waals surface area contributed by atoms with Gasteiger partial charge in [-0.3, -0.25) is 0 Å². The highest BCUT2D eigenvalue weighted by molar-refractivity contribution is 9.10. The molecule has 2 unspecified atom stereocenters. The maximum atomic E-state index is 6.19. The lowest BCUT2D eigenvalue weighted by Gasteiger charge is -2.33. The van der Waals surface area contributed by atoms with E-state index in [0.717, 1.165) is 33.8 Å². The van der Waals surface area contributed by atoms with E-state index in [4.69, 9.17) is 16.3 Å². The summed E-state index contributed by atoms with van der Waals surface area (Å²) < 4.78 is 7.26. The van der Waals surface area contributed by atoms with Crippen LogP contribution in [-0.4, -0.2) is 6.54 Å². The molecular weight excluding hydrogens is 350 g/mol. The Labute approximate surface area is 138 Å². The van der Waals surface area contributed by atoms with Gasteiger partial charge in [-0.15, -0.1) is 0 Å². The summed E-state index contributed by atoms with van der Waals surface area (Å²) in [5.74, 6) is 0.945. The molecular formula is C17H17BrClNO. The number of hydrogen-bond acceptors (Lipinski definition) is 2. The molecule has 2 aromatic carbocycles. The van der Waals surface area contributed by atoms with Gasteiger partial charge in [0.2, 0.25) is 0 Å². The number of fused-ring (bicyclic) bond motifs is 1. The topological polar surface area (TPSA) is 21.3 Å². The summed E-state index contributed by atoms with van der Waals surface area (Å²) in [5, 5.41) is 4.30. The fourth-order valence-corrected chi connectivity index (χ4v) is 3.37. The molecule has 4 heteroatoms. The smallest absolute Gasteiger partial charge is 0.126 e. The molecule has 1 aliphatic heterocycles. The van der Waals surface area contributed by atoms with Crippen molar-refractivity contribution in [3.8, 4) is 5.75 Å². The quantitative estimate of drug-likeness (QED) is 0.798. The Morgan fingerprint density at radius 1 is 1.29 bits per heavy atom. The van der Waals surface area contributed by atoms with E-state index >= 15 is 0 Å². The highest BCUT2D eigenvalue weighted by Crippen LogP contribution is 2.42. The maximum Gasteiger partial charge on any atom is 0.126 e. The molecule has 2 aromatic rings. The van der Waals surface area contributed by atoms with Gasteiger partial charge >= 0.3 is 0 Å². The Morgan fingerprint density at radius 2 is 2.14 bits per heavy atom. The van der Waals surface area contributed by atoms with E-state index in [1.807, 2.05) is 30.3 Å². The first-order valence-electron chi connectivity index (χ1n) is 7.12. The molecule has 0 aromatic heterocycles. The van der Waals surface area contributed by atoms with Crippen molar-refractivity contribution in [2.45, 2.75) is 25.5 Å². The second-order valence-electron chi connectivity index (χ2n) is 5.19. The number of halogens is 2. The Morgan fingerprint density at radius 3 is 2.90 bits per heavy atom. The Kier molecular flexibility index (Phi) is 4.53. The highest BCUT2D eigenvalue weighted by atomic mass is 79.9. The molecule has 0 saturated carbocycles. The van der Waals surface area contributed by atoms with Crippen molar-refractivity contribution in [2.75, 3.05) is 6.54 Å². The number of benzene rings is 2. The summed E-state index contributed by atoms with van der Waals surface area (Å²) in [7, 11) is 0. The Balaban J connectivity index is 1.95. The molecule has 0 amide bonds. The largest absolute Gasteiger partial charge is 0.485 e. The summed E-state index contributed by atoms with van der Waals surface area (Å²) in [4.78, 5) is 0. The molecule has 0 bridgehead atoms. The predicted octanol–water partition coefficient (Wildman–Crippen LogP) is 5.28. The molecule has 21 heavy (non-hydrogen) atoms. The first-order chi connectivity index (χ1) is 10.2. The third-order valence-corrected chi connectivity index (χ3v) is 4.47. The van der Waals surface area contributed by atoms with Crippen LogP contribution in [0.1, 0.15) is 36.6 Å². The third-order valence-electron chi connectivity index (χ3n) is 3.74. The summed E-state index contributed by atoms with van der Waals surface area (Å²) in [6.07, 6.45) is 0.930. The van der Waals surface area contributed by atoms with Crippen LogP contribution in [0, 0.1) is 0 Å². The summed E-state index contributed by atoms with van der Waals surface area (Å²) in [6.45, 7) is 3.06. The first kappa shape index (κ1) is 14.9. The minimum atomic E-state index is 0.0291. The van der Waals surface area contributed by atoms with Gasteiger partial charge in [-0.2, -0.15) is 0 Å². The van der Waals surface area contributed by atoms with Crippen LogP contribution in [0.4, 0.5) is 0 Å². The molecule has 110 valence electrons. The van der Waals surface area contributed by atoms with E-state index in [2.05, 4.69) is 40.3 Å². The molecule has 3 rings (SSSR count). The van der Waals surface area contributed by atoms with Crippen molar-refractivity contribution in [3.63, 3.8) is 0 Å². The SMILES string of the molecule is CCNC1CC(c2cccc(Cl)c2)Oc2ccc(Br)cc21. The van der Waals surface area contributed by atoms with Crippen molar-refractivity contribution in [1.29, 1.82) is 0 Å². The van der Waals surface area contributed by atoms with E-state index in [1.165, 1.54) is 5.56 Å². The zero-order chi connectivity index (χ0) is 14.8. The fraction of sp³-hybridized carbons (Fsp3) is 0.294. The normalized spacial score (nSPS) is 20.7. The van der Waals surface area contributed by atoms with Crippen molar-refractivity contribution < 1.29 is 4.74 Å². The van der Waals surface area contributed by atoms with Crippen molar-refractivity contribution in [2.24, 2.45) is 0 Å². The van der Waals surface area contributed by atoms with Gasteiger partial charge in [0.15, 0.2) is 0 Å². The van der Waals surface area contributed by atoms with Gasteiger partial charge in [-0.25, -0.2) is 0 Å². The van der Waals surface area contributed by atoms with E-state index in [1.54, 1.807) is 0 Å². The number of nitrogens with one attached hydrogen (secondary N) is 1. The standard InChI is InChI=1S/C17H17BrClNO/c1-2-20-15-10-17(11-4-3-5-13(19)8-11)21-16-7-6-12(18)9-14(15)16/h3-9,15,17,20H,2,10H2,1H3. The number of hydrogen-bond donors (Lipinski definition) is 1. The predicted molar refractivity (Wildman–Crippen MR) is 90.0 cm³/mol. The van der Waals surface area contributed by atoms with Gasteiger partial charge in [-0.1, -0.05) is 46.6 Å². The molecule has 2 atom stereocenters. The number of ether oxygens (including phenoxy) is 1. The summed E-state index contributed by atoms with van der Waals surface area (Å²) in [5.41, 5.74) is 2.34. The van der Waals surface area contributed by atoms with Crippen LogP contribution in [-0.2, 0) is 0 Å². The second kappa shape index (κ2) is 6.39. The van der Waals surface area contributed by atoms with Crippen LogP contribution >= 0.6 is 27.5 Å². The Bertz CT molecular complexity index is 646. The van der Waals surface area contributed by atoms with Crippen LogP contribution in [0.3, 0.4) is 0 Å². The lowest BCUT2D eigenvalue weighted by atomic mass is 9.93. The van der Waals surface area contributed by atoms with Crippen molar-refractivity contribution >= 4 is 27.5 Å². The molecule has 1 heterocycles. The van der Waals surface area contributed by atoms with Gasteiger partial charge in [0.1, 0.15) is 11.9 Å². The van der Waals surface area contributed by atoms with Crippen LogP contribution in [0.2, 0.25) is 5.02 Å². The van der Waals surface area contributed by atoms with Gasteiger partial charge in [0.25, 0.3) is 0 Å². The van der Waals surface area contributed by atoms with Crippen LogP contribution in [0.5, 0.6) is 5.75 Å². The lowest BCUT2D eigenvalue weighted by molar-refractivity contribution is 0.152. The van der Waals surface area contributed by atoms with E-state index in [0.29, 0.717) is 6.04 Å². The average Bonchev–Trinajstić information content (AvgIpc) is 2.48. The van der Waals surface area contributed by atoms with Gasteiger partial charge in [0.05, 0.1) is 0 Å². The van der Waals surface area contributed by atoms with Crippen molar-refractivity contribution in [1.82, 2.24) is 5.32 Å². The Hall–Kier alpha value is -1.03. The number of rotatable bonds is 3. The molecule has 0 saturated heterocycles. The minimum absolute atomic E-state index is 0.0291. The monoisotopic (exact) mass is 365 g/mol. The van der Waals surface area contributed by atoms with Crippen molar-refractivity contribution in [3.05, 3.63) is 63.1 Å².